The number of nitrogens with two attached hydrogens (primary N) is 1. The minimum absolute atomic E-state index is 0.0000945. The number of aromatic nitrogens is 1. The Morgan fingerprint density at radius 3 is 2.22 bits per heavy atom. The van der Waals surface area contributed by atoms with E-state index in [1.54, 1.807) is 12.1 Å². The monoisotopic (exact) mass is 312 g/mol. The molecule has 2 rings (SSSR count). The number of esters is 1. The number of ether oxygens (including phenoxy) is 1. The number of anilines is 1. The average Bonchev–Trinajstić information content (AvgIpc) is 2.52. The van der Waals surface area contributed by atoms with Crippen molar-refractivity contribution in [2.45, 2.75) is 26.2 Å². The normalized spacial score (nSPS) is 11.1. The van der Waals surface area contributed by atoms with E-state index in [-0.39, 0.29) is 28.1 Å². The zero-order valence-corrected chi connectivity index (χ0v) is 13.7. The van der Waals surface area contributed by atoms with Crippen LogP contribution in [0.15, 0.2) is 36.5 Å². The van der Waals surface area contributed by atoms with Crippen LogP contribution in [0.2, 0.25) is 0 Å². The Hall–Kier alpha value is -2.69. The molecule has 0 fully saturated rings. The van der Waals surface area contributed by atoms with Crippen LogP contribution in [-0.4, -0.2) is 23.8 Å². The first-order valence-corrected chi connectivity index (χ1v) is 7.23. The number of nitrogens with zero attached hydrogens (tertiary/aromatic N) is 1. The first-order chi connectivity index (χ1) is 10.8. The lowest BCUT2D eigenvalue weighted by molar-refractivity contribution is 0.0598. The summed E-state index contributed by atoms with van der Waals surface area (Å²) >= 11 is 0. The van der Waals surface area contributed by atoms with E-state index in [0.717, 1.165) is 5.56 Å². The predicted molar refractivity (Wildman–Crippen MR) is 88.6 cm³/mol. The summed E-state index contributed by atoms with van der Waals surface area (Å²) in [5.74, 6) is -0.987. The van der Waals surface area contributed by atoms with Crippen LogP contribution in [0.1, 0.15) is 52.6 Å². The Labute approximate surface area is 135 Å². The number of benzene rings is 1. The molecule has 0 bridgehead atoms. The van der Waals surface area contributed by atoms with Crippen molar-refractivity contribution < 1.29 is 14.3 Å². The second-order valence-corrected chi connectivity index (χ2v) is 6.27. The largest absolute Gasteiger partial charge is 0.465 e. The molecule has 0 radical (unpaired) electrons. The van der Waals surface area contributed by atoms with Gasteiger partial charge in [0.1, 0.15) is 11.4 Å². The number of carbonyl (C=O) groups excluding carboxylic acids is 2. The molecule has 0 saturated carbocycles. The van der Waals surface area contributed by atoms with Gasteiger partial charge in [0.25, 0.3) is 0 Å². The minimum atomic E-state index is -0.676. The van der Waals surface area contributed by atoms with Crippen molar-refractivity contribution in [3.8, 4) is 0 Å². The summed E-state index contributed by atoms with van der Waals surface area (Å²) in [7, 11) is 1.24. The Bertz CT molecular complexity index is 744. The first kappa shape index (κ1) is 16.7. The van der Waals surface area contributed by atoms with Crippen molar-refractivity contribution in [3.63, 3.8) is 0 Å². The number of nitrogen functional groups attached to an aromatic ring is 1. The summed E-state index contributed by atoms with van der Waals surface area (Å²) in [4.78, 5) is 28.4. The smallest absolute Gasteiger partial charge is 0.342 e. The number of pyridine rings is 1. The molecule has 1 heterocycles. The van der Waals surface area contributed by atoms with Crippen molar-refractivity contribution in [3.05, 3.63) is 58.8 Å². The van der Waals surface area contributed by atoms with Gasteiger partial charge in [-0.2, -0.15) is 0 Å². The van der Waals surface area contributed by atoms with Crippen molar-refractivity contribution >= 4 is 17.6 Å². The fraction of sp³-hybridized carbons (Fsp3) is 0.278. The lowest BCUT2D eigenvalue weighted by atomic mass is 9.86. The van der Waals surface area contributed by atoms with Gasteiger partial charge in [0.05, 0.1) is 7.11 Å². The Balaban J connectivity index is 2.46. The highest BCUT2D eigenvalue weighted by atomic mass is 16.5. The van der Waals surface area contributed by atoms with Crippen molar-refractivity contribution in [2.75, 3.05) is 12.8 Å². The van der Waals surface area contributed by atoms with Gasteiger partial charge in [-0.3, -0.25) is 4.79 Å². The van der Waals surface area contributed by atoms with Gasteiger partial charge in [-0.25, -0.2) is 9.78 Å². The SMILES string of the molecule is COC(=O)c1c(C(=O)c2ccc(C(C)(C)C)cc2)ccnc1N. The van der Waals surface area contributed by atoms with E-state index in [1.165, 1.54) is 19.4 Å². The maximum atomic E-state index is 12.7. The second kappa shape index (κ2) is 6.20. The van der Waals surface area contributed by atoms with Gasteiger partial charge in [0, 0.05) is 17.3 Å². The molecule has 2 aromatic rings. The molecule has 23 heavy (non-hydrogen) atoms. The predicted octanol–water partition coefficient (Wildman–Crippen LogP) is 2.98. The van der Waals surface area contributed by atoms with Gasteiger partial charge in [-0.1, -0.05) is 45.0 Å². The van der Waals surface area contributed by atoms with Gasteiger partial charge in [0.2, 0.25) is 0 Å². The van der Waals surface area contributed by atoms with Crippen LogP contribution in [0.5, 0.6) is 0 Å². The van der Waals surface area contributed by atoms with Crippen LogP contribution in [0.25, 0.3) is 0 Å². The fourth-order valence-electron chi connectivity index (χ4n) is 2.26. The van der Waals surface area contributed by atoms with Crippen molar-refractivity contribution in [1.82, 2.24) is 4.98 Å². The lowest BCUT2D eigenvalue weighted by Gasteiger charge is -2.19. The molecule has 0 aliphatic carbocycles. The summed E-state index contributed by atoms with van der Waals surface area (Å²) in [5, 5.41) is 0. The molecule has 5 heteroatoms. The molecule has 2 N–H and O–H groups in total. The zero-order valence-electron chi connectivity index (χ0n) is 13.7. The molecule has 0 saturated heterocycles. The molecule has 0 atom stereocenters. The fourth-order valence-corrected chi connectivity index (χ4v) is 2.26. The molecular formula is C18H20N2O3. The summed E-state index contributed by atoms with van der Waals surface area (Å²) in [5.41, 5.74) is 7.52. The number of ketones is 1. The highest BCUT2D eigenvalue weighted by Crippen LogP contribution is 2.24. The third-order valence-electron chi connectivity index (χ3n) is 3.63. The molecule has 5 nitrogen and oxygen atoms in total. The zero-order chi connectivity index (χ0) is 17.2. The van der Waals surface area contributed by atoms with E-state index in [4.69, 9.17) is 10.5 Å². The topological polar surface area (TPSA) is 82.3 Å². The molecule has 1 aromatic carbocycles. The van der Waals surface area contributed by atoms with Gasteiger partial charge >= 0.3 is 5.97 Å². The minimum Gasteiger partial charge on any atom is -0.465 e. The maximum absolute atomic E-state index is 12.7. The van der Waals surface area contributed by atoms with Crippen LogP contribution in [0.4, 0.5) is 5.82 Å². The molecule has 120 valence electrons. The summed E-state index contributed by atoms with van der Waals surface area (Å²) in [6.07, 6.45) is 1.40. The maximum Gasteiger partial charge on any atom is 0.342 e. The highest BCUT2D eigenvalue weighted by molar-refractivity contribution is 6.15. The Kier molecular flexibility index (Phi) is 4.50. The van der Waals surface area contributed by atoms with Gasteiger partial charge in [0.15, 0.2) is 5.78 Å². The molecule has 0 amide bonds. The van der Waals surface area contributed by atoms with E-state index in [0.29, 0.717) is 5.56 Å². The van der Waals surface area contributed by atoms with Gasteiger partial charge in [-0.15, -0.1) is 0 Å². The third-order valence-corrected chi connectivity index (χ3v) is 3.63. The standard InChI is InChI=1S/C18H20N2O3/c1-18(2,3)12-7-5-11(6-8-12)15(21)13-9-10-20-16(19)14(13)17(22)23-4/h5-10H,1-4H3,(H2,19,20). The average molecular weight is 312 g/mol. The van der Waals surface area contributed by atoms with E-state index in [2.05, 4.69) is 25.8 Å². The molecule has 0 aliphatic rings. The Morgan fingerprint density at radius 1 is 1.09 bits per heavy atom. The Morgan fingerprint density at radius 2 is 1.70 bits per heavy atom. The molecule has 1 aromatic heterocycles. The van der Waals surface area contributed by atoms with Gasteiger partial charge in [-0.05, 0) is 17.0 Å². The summed E-state index contributed by atoms with van der Waals surface area (Å²) < 4.78 is 4.70. The number of carbonyl (C=O) groups is 2. The summed E-state index contributed by atoms with van der Waals surface area (Å²) in [6.45, 7) is 6.30. The van der Waals surface area contributed by atoms with Gasteiger partial charge < -0.3 is 10.5 Å². The van der Waals surface area contributed by atoms with Crippen LogP contribution in [0, 0.1) is 0 Å². The molecular weight excluding hydrogens is 292 g/mol. The molecule has 0 aliphatic heterocycles. The number of hydrogen-bond acceptors (Lipinski definition) is 5. The van der Waals surface area contributed by atoms with Crippen LogP contribution in [-0.2, 0) is 10.2 Å². The number of methoxy groups -OCH3 is 1. The molecule has 0 unspecified atom stereocenters. The van der Waals surface area contributed by atoms with E-state index >= 15 is 0 Å². The van der Waals surface area contributed by atoms with Crippen LogP contribution < -0.4 is 5.73 Å². The van der Waals surface area contributed by atoms with E-state index in [1.807, 2.05) is 12.1 Å². The van der Waals surface area contributed by atoms with E-state index < -0.39 is 5.97 Å². The number of hydrogen-bond donors (Lipinski definition) is 1. The van der Waals surface area contributed by atoms with Crippen molar-refractivity contribution in [2.24, 2.45) is 0 Å². The number of rotatable bonds is 3. The molecule has 0 spiro atoms. The highest BCUT2D eigenvalue weighted by Gasteiger charge is 2.23. The van der Waals surface area contributed by atoms with E-state index in [9.17, 15) is 9.59 Å². The van der Waals surface area contributed by atoms with Crippen LogP contribution in [0.3, 0.4) is 0 Å². The second-order valence-electron chi connectivity index (χ2n) is 6.27. The quantitative estimate of drug-likeness (QED) is 0.696. The summed E-state index contributed by atoms with van der Waals surface area (Å²) in [6, 6.07) is 8.80. The first-order valence-electron chi connectivity index (χ1n) is 7.23. The van der Waals surface area contributed by atoms with Crippen LogP contribution >= 0.6 is 0 Å². The lowest BCUT2D eigenvalue weighted by Crippen LogP contribution is -2.15. The van der Waals surface area contributed by atoms with Crippen molar-refractivity contribution in [1.29, 1.82) is 0 Å². The third kappa shape index (κ3) is 3.39.